The second-order valence-corrected chi connectivity index (χ2v) is 4.39. The van der Waals surface area contributed by atoms with Gasteiger partial charge in [0.15, 0.2) is 0 Å². The molecule has 0 saturated carbocycles. The molecule has 1 N–H and O–H groups in total. The Morgan fingerprint density at radius 1 is 1.22 bits per heavy atom. The summed E-state index contributed by atoms with van der Waals surface area (Å²) < 4.78 is 0. The number of likely N-dealkylation sites (N-methyl/N-ethyl adjacent to an activating group) is 1. The molecule has 0 aliphatic rings. The minimum Gasteiger partial charge on any atom is -0.347 e. The van der Waals surface area contributed by atoms with Crippen molar-refractivity contribution in [3.63, 3.8) is 0 Å². The fourth-order valence-corrected chi connectivity index (χ4v) is 1.65. The van der Waals surface area contributed by atoms with Crippen molar-refractivity contribution in [3.8, 4) is 0 Å². The predicted molar refractivity (Wildman–Crippen MR) is 70.9 cm³/mol. The number of nitrogens with one attached hydrogen (secondary N) is 1. The molecule has 0 unspecified atom stereocenters. The molecule has 0 heterocycles. The van der Waals surface area contributed by atoms with E-state index in [1.165, 1.54) is 4.90 Å². The summed E-state index contributed by atoms with van der Waals surface area (Å²) in [6, 6.07) is 8.69. The SMILES string of the molecule is CCCC(=O)N[C@H](C(=O)N(C)C)c1ccccc1. The highest BCUT2D eigenvalue weighted by Crippen LogP contribution is 2.15. The first-order valence-electron chi connectivity index (χ1n) is 6.11. The third-order valence-corrected chi connectivity index (χ3v) is 2.60. The van der Waals surface area contributed by atoms with Crippen LogP contribution in [0.1, 0.15) is 31.4 Å². The average Bonchev–Trinajstić information content (AvgIpc) is 2.36. The number of amides is 2. The Bertz CT molecular complexity index is 402. The molecule has 0 aromatic heterocycles. The fraction of sp³-hybridized carbons (Fsp3) is 0.429. The van der Waals surface area contributed by atoms with E-state index in [9.17, 15) is 9.59 Å². The first-order chi connectivity index (χ1) is 8.56. The standard InChI is InChI=1S/C14H20N2O2/c1-4-8-12(17)15-13(14(18)16(2)3)11-9-6-5-7-10-11/h5-7,9-10,13H,4,8H2,1-3H3,(H,15,17)/t13-/m0/s1. The van der Waals surface area contributed by atoms with Crippen LogP contribution in [0, 0.1) is 0 Å². The molecule has 1 aromatic carbocycles. The lowest BCUT2D eigenvalue weighted by Gasteiger charge is -2.22. The highest BCUT2D eigenvalue weighted by atomic mass is 16.2. The van der Waals surface area contributed by atoms with E-state index in [-0.39, 0.29) is 11.8 Å². The summed E-state index contributed by atoms with van der Waals surface area (Å²) >= 11 is 0. The Hall–Kier alpha value is -1.84. The van der Waals surface area contributed by atoms with Gasteiger partial charge in [0.1, 0.15) is 6.04 Å². The molecule has 0 aliphatic heterocycles. The highest BCUT2D eigenvalue weighted by molar-refractivity contribution is 5.88. The van der Waals surface area contributed by atoms with Gasteiger partial charge in [-0.3, -0.25) is 9.59 Å². The van der Waals surface area contributed by atoms with E-state index in [1.54, 1.807) is 14.1 Å². The first kappa shape index (κ1) is 14.2. The molecule has 4 heteroatoms. The van der Waals surface area contributed by atoms with Crippen molar-refractivity contribution in [1.82, 2.24) is 10.2 Å². The fourth-order valence-electron chi connectivity index (χ4n) is 1.65. The van der Waals surface area contributed by atoms with Gasteiger partial charge in [0.25, 0.3) is 0 Å². The van der Waals surface area contributed by atoms with Crippen molar-refractivity contribution in [2.45, 2.75) is 25.8 Å². The van der Waals surface area contributed by atoms with Crippen LogP contribution in [-0.2, 0) is 9.59 Å². The number of carbonyl (C=O) groups excluding carboxylic acids is 2. The van der Waals surface area contributed by atoms with E-state index in [2.05, 4.69) is 5.32 Å². The van der Waals surface area contributed by atoms with Crippen molar-refractivity contribution in [3.05, 3.63) is 35.9 Å². The largest absolute Gasteiger partial charge is 0.347 e. The maximum absolute atomic E-state index is 12.1. The highest BCUT2D eigenvalue weighted by Gasteiger charge is 2.23. The van der Waals surface area contributed by atoms with Gasteiger partial charge in [0, 0.05) is 20.5 Å². The lowest BCUT2D eigenvalue weighted by molar-refractivity contribution is -0.134. The Labute approximate surface area is 108 Å². The molecule has 1 atom stereocenters. The molecule has 1 aromatic rings. The van der Waals surface area contributed by atoms with Gasteiger partial charge in [-0.05, 0) is 12.0 Å². The van der Waals surface area contributed by atoms with Crippen molar-refractivity contribution >= 4 is 11.8 Å². The number of benzene rings is 1. The molecule has 98 valence electrons. The van der Waals surface area contributed by atoms with Gasteiger partial charge in [-0.15, -0.1) is 0 Å². The quantitative estimate of drug-likeness (QED) is 0.862. The van der Waals surface area contributed by atoms with Crippen molar-refractivity contribution in [2.24, 2.45) is 0 Å². The van der Waals surface area contributed by atoms with Crippen LogP contribution < -0.4 is 5.32 Å². The molecular weight excluding hydrogens is 228 g/mol. The third-order valence-electron chi connectivity index (χ3n) is 2.60. The monoisotopic (exact) mass is 248 g/mol. The summed E-state index contributed by atoms with van der Waals surface area (Å²) in [6.45, 7) is 1.94. The van der Waals surface area contributed by atoms with Crippen LogP contribution in [0.2, 0.25) is 0 Å². The number of rotatable bonds is 5. The van der Waals surface area contributed by atoms with Crippen molar-refractivity contribution < 1.29 is 9.59 Å². The maximum atomic E-state index is 12.1. The normalized spacial score (nSPS) is 11.7. The molecule has 0 aliphatic carbocycles. The summed E-state index contributed by atoms with van der Waals surface area (Å²) in [5.74, 6) is -0.216. The summed E-state index contributed by atoms with van der Waals surface area (Å²) in [4.78, 5) is 25.3. The summed E-state index contributed by atoms with van der Waals surface area (Å²) in [7, 11) is 3.37. The summed E-state index contributed by atoms with van der Waals surface area (Å²) in [6.07, 6.45) is 1.20. The lowest BCUT2D eigenvalue weighted by atomic mass is 10.1. The molecule has 0 spiro atoms. The van der Waals surface area contributed by atoms with Crippen molar-refractivity contribution in [1.29, 1.82) is 0 Å². The van der Waals surface area contributed by atoms with Gasteiger partial charge in [-0.1, -0.05) is 37.3 Å². The lowest BCUT2D eigenvalue weighted by Crippen LogP contribution is -2.39. The molecular formula is C14H20N2O2. The molecule has 1 rings (SSSR count). The Morgan fingerprint density at radius 3 is 2.33 bits per heavy atom. The van der Waals surface area contributed by atoms with Gasteiger partial charge >= 0.3 is 0 Å². The Kier molecular flexibility index (Phi) is 5.36. The predicted octanol–water partition coefficient (Wildman–Crippen LogP) is 1.73. The molecule has 0 fully saturated rings. The van der Waals surface area contributed by atoms with E-state index in [0.717, 1.165) is 12.0 Å². The minimum absolute atomic E-state index is 0.0958. The van der Waals surface area contributed by atoms with Gasteiger partial charge in [-0.25, -0.2) is 0 Å². The molecule has 0 radical (unpaired) electrons. The number of hydrogen-bond donors (Lipinski definition) is 1. The molecule has 4 nitrogen and oxygen atoms in total. The molecule has 0 bridgehead atoms. The van der Waals surface area contributed by atoms with E-state index < -0.39 is 6.04 Å². The van der Waals surface area contributed by atoms with E-state index in [4.69, 9.17) is 0 Å². The average molecular weight is 248 g/mol. The van der Waals surface area contributed by atoms with Crippen LogP contribution in [0.4, 0.5) is 0 Å². The van der Waals surface area contributed by atoms with Crippen LogP contribution in [0.25, 0.3) is 0 Å². The molecule has 2 amide bonds. The maximum Gasteiger partial charge on any atom is 0.249 e. The Balaban J connectivity index is 2.89. The van der Waals surface area contributed by atoms with Crippen LogP contribution in [0.5, 0.6) is 0 Å². The van der Waals surface area contributed by atoms with E-state index >= 15 is 0 Å². The first-order valence-corrected chi connectivity index (χ1v) is 6.11. The second-order valence-electron chi connectivity index (χ2n) is 4.39. The van der Waals surface area contributed by atoms with Crippen LogP contribution in [0.15, 0.2) is 30.3 Å². The second kappa shape index (κ2) is 6.79. The zero-order chi connectivity index (χ0) is 13.5. The Morgan fingerprint density at radius 2 is 1.83 bits per heavy atom. The zero-order valence-corrected chi connectivity index (χ0v) is 11.1. The number of carbonyl (C=O) groups is 2. The summed E-state index contributed by atoms with van der Waals surface area (Å²) in [5.41, 5.74) is 0.806. The van der Waals surface area contributed by atoms with Gasteiger partial charge in [0.2, 0.25) is 11.8 Å². The van der Waals surface area contributed by atoms with Gasteiger partial charge in [0.05, 0.1) is 0 Å². The molecule has 0 saturated heterocycles. The van der Waals surface area contributed by atoms with Gasteiger partial charge < -0.3 is 10.2 Å². The summed E-state index contributed by atoms with van der Waals surface area (Å²) in [5, 5.41) is 2.79. The van der Waals surface area contributed by atoms with E-state index in [0.29, 0.717) is 6.42 Å². The molecule has 18 heavy (non-hydrogen) atoms. The number of nitrogens with zero attached hydrogens (tertiary/aromatic N) is 1. The van der Waals surface area contributed by atoms with Gasteiger partial charge in [-0.2, -0.15) is 0 Å². The van der Waals surface area contributed by atoms with Crippen LogP contribution in [0.3, 0.4) is 0 Å². The van der Waals surface area contributed by atoms with Crippen LogP contribution in [-0.4, -0.2) is 30.8 Å². The van der Waals surface area contributed by atoms with Crippen LogP contribution >= 0.6 is 0 Å². The topological polar surface area (TPSA) is 49.4 Å². The smallest absolute Gasteiger partial charge is 0.249 e. The van der Waals surface area contributed by atoms with Crippen molar-refractivity contribution in [2.75, 3.05) is 14.1 Å². The number of hydrogen-bond acceptors (Lipinski definition) is 2. The van der Waals surface area contributed by atoms with E-state index in [1.807, 2.05) is 37.3 Å². The third kappa shape index (κ3) is 3.87. The zero-order valence-electron chi connectivity index (χ0n) is 11.1. The minimum atomic E-state index is -0.597.